The molecule has 0 unspecified atom stereocenters. The van der Waals surface area contributed by atoms with Crippen LogP contribution in [0.25, 0.3) is 0 Å². The Morgan fingerprint density at radius 3 is 2.18 bits per heavy atom. The number of amides is 4. The summed E-state index contributed by atoms with van der Waals surface area (Å²) in [6, 6.07) is 11.9. The third-order valence-electron chi connectivity index (χ3n) is 9.10. The Kier molecular flexibility index (Phi) is 5.58. The van der Waals surface area contributed by atoms with Gasteiger partial charge in [0.05, 0.1) is 43.1 Å². The van der Waals surface area contributed by atoms with Crippen LogP contribution in [0.3, 0.4) is 0 Å². The fourth-order valence-electron chi connectivity index (χ4n) is 7.28. The number of fused-ring (bicyclic) bond motifs is 4. The van der Waals surface area contributed by atoms with E-state index in [4.69, 9.17) is 9.47 Å². The molecule has 202 valence electrons. The smallest absolute Gasteiger partial charge is 0.257 e. The number of rotatable bonds is 4. The summed E-state index contributed by atoms with van der Waals surface area (Å²) in [6.45, 7) is 1.76. The molecular formula is C29H28N2O8. The van der Waals surface area contributed by atoms with Crippen molar-refractivity contribution in [1.82, 2.24) is 5.06 Å². The first-order chi connectivity index (χ1) is 18.6. The molecule has 0 radical (unpaired) electrons. The summed E-state index contributed by atoms with van der Waals surface area (Å²) >= 11 is 0. The zero-order valence-corrected chi connectivity index (χ0v) is 21.7. The SMILES string of the molecule is COc1cc([C@H]2C3=CC[C@@H]4C(=O)N(O)C(=O)[C@@H]4[C@@H]3C[C@H]3C(=O)N(c4ccccc4)C(=O)[C@@]23C)cc(OC)c1O. The van der Waals surface area contributed by atoms with Gasteiger partial charge in [-0.3, -0.25) is 24.4 Å². The van der Waals surface area contributed by atoms with Gasteiger partial charge in [0, 0.05) is 5.92 Å². The van der Waals surface area contributed by atoms with Crippen molar-refractivity contribution in [2.24, 2.45) is 29.1 Å². The highest BCUT2D eigenvalue weighted by atomic mass is 16.5. The van der Waals surface area contributed by atoms with Crippen molar-refractivity contribution < 1.29 is 39.0 Å². The van der Waals surface area contributed by atoms with Gasteiger partial charge in [0.1, 0.15) is 0 Å². The van der Waals surface area contributed by atoms with Crippen LogP contribution < -0.4 is 14.4 Å². The van der Waals surface area contributed by atoms with Gasteiger partial charge in [-0.2, -0.15) is 5.06 Å². The quantitative estimate of drug-likeness (QED) is 0.349. The number of hydrogen-bond acceptors (Lipinski definition) is 8. The average molecular weight is 533 g/mol. The van der Waals surface area contributed by atoms with Crippen molar-refractivity contribution >= 4 is 29.3 Å². The fraction of sp³-hybridized carbons (Fsp3) is 0.379. The minimum absolute atomic E-state index is 0.131. The van der Waals surface area contributed by atoms with Gasteiger partial charge in [-0.05, 0) is 55.5 Å². The first-order valence-electron chi connectivity index (χ1n) is 12.8. The summed E-state index contributed by atoms with van der Waals surface area (Å²) < 4.78 is 10.8. The van der Waals surface area contributed by atoms with E-state index in [-0.39, 0.29) is 47.0 Å². The number of aromatic hydroxyl groups is 1. The van der Waals surface area contributed by atoms with Crippen LogP contribution in [-0.4, -0.2) is 53.2 Å². The molecule has 0 aromatic heterocycles. The number of carbonyl (C=O) groups is 4. The van der Waals surface area contributed by atoms with Gasteiger partial charge >= 0.3 is 0 Å². The van der Waals surface area contributed by atoms with E-state index in [1.807, 2.05) is 6.08 Å². The molecule has 3 fully saturated rings. The maximum absolute atomic E-state index is 14.3. The van der Waals surface area contributed by atoms with Crippen molar-refractivity contribution in [2.75, 3.05) is 19.1 Å². The molecule has 4 aliphatic rings. The normalized spacial score (nSPS) is 31.6. The summed E-state index contributed by atoms with van der Waals surface area (Å²) in [7, 11) is 2.80. The Balaban J connectivity index is 1.58. The van der Waals surface area contributed by atoms with E-state index in [0.29, 0.717) is 11.3 Å². The van der Waals surface area contributed by atoms with Crippen molar-refractivity contribution in [3.05, 3.63) is 59.7 Å². The maximum atomic E-state index is 14.3. The Labute approximate surface area is 224 Å². The van der Waals surface area contributed by atoms with Crippen LogP contribution in [0.4, 0.5) is 5.69 Å². The van der Waals surface area contributed by atoms with E-state index in [1.165, 1.54) is 19.1 Å². The van der Waals surface area contributed by atoms with E-state index in [2.05, 4.69) is 0 Å². The third-order valence-corrected chi connectivity index (χ3v) is 9.10. The number of methoxy groups -OCH3 is 2. The highest BCUT2D eigenvalue weighted by molar-refractivity contribution is 6.24. The van der Waals surface area contributed by atoms with E-state index in [9.17, 15) is 29.5 Å². The molecule has 1 saturated carbocycles. The van der Waals surface area contributed by atoms with Crippen LogP contribution in [-0.2, 0) is 19.2 Å². The number of para-hydroxylation sites is 1. The van der Waals surface area contributed by atoms with Gasteiger partial charge < -0.3 is 14.6 Å². The number of ether oxygens (including phenoxy) is 2. The molecule has 2 aromatic rings. The molecular weight excluding hydrogens is 504 g/mol. The molecule has 6 atom stereocenters. The average Bonchev–Trinajstić information content (AvgIpc) is 3.28. The summed E-state index contributed by atoms with van der Waals surface area (Å²) in [6.07, 6.45) is 2.26. The number of hydroxylamine groups is 2. The summed E-state index contributed by atoms with van der Waals surface area (Å²) in [5.74, 6) is -5.69. The number of hydrogen-bond donors (Lipinski definition) is 2. The van der Waals surface area contributed by atoms with Crippen molar-refractivity contribution in [3.8, 4) is 17.2 Å². The summed E-state index contributed by atoms with van der Waals surface area (Å²) in [5.41, 5.74) is 0.514. The van der Waals surface area contributed by atoms with Gasteiger partial charge in [-0.25, -0.2) is 4.90 Å². The van der Waals surface area contributed by atoms with E-state index < -0.39 is 46.8 Å². The maximum Gasteiger partial charge on any atom is 0.257 e. The van der Waals surface area contributed by atoms with Crippen molar-refractivity contribution in [2.45, 2.75) is 25.7 Å². The molecule has 10 heteroatoms. The predicted molar refractivity (Wildman–Crippen MR) is 136 cm³/mol. The van der Waals surface area contributed by atoms with Crippen molar-refractivity contribution in [3.63, 3.8) is 0 Å². The fourth-order valence-corrected chi connectivity index (χ4v) is 7.28. The molecule has 39 heavy (non-hydrogen) atoms. The number of carbonyl (C=O) groups excluding carboxylic acids is 4. The number of phenols is 1. The number of phenolic OH excluding ortho intramolecular Hbond substituents is 1. The first kappa shape index (κ1) is 25.1. The van der Waals surface area contributed by atoms with Gasteiger partial charge in [-0.1, -0.05) is 29.8 Å². The van der Waals surface area contributed by atoms with Crippen LogP contribution in [0, 0.1) is 29.1 Å². The molecule has 2 aliphatic carbocycles. The summed E-state index contributed by atoms with van der Waals surface area (Å²) in [4.78, 5) is 55.3. The summed E-state index contributed by atoms with van der Waals surface area (Å²) in [5, 5.41) is 21.0. The second-order valence-electron chi connectivity index (χ2n) is 10.8. The standard InChI is InChI=1S/C29H28N2O8/c1-29-19(26(34)30(28(29)36)15-7-5-4-6-8-15)13-18-16(9-10-17-22(18)27(35)31(37)25(17)33)23(29)14-11-20(38-2)24(32)21(12-14)39-3/h4-9,11-12,17-19,22-23,32,37H,10,13H2,1-3H3/t17-,18+,19-,22-,23-,29+/m0/s1. The van der Waals surface area contributed by atoms with Gasteiger partial charge in [-0.15, -0.1) is 0 Å². The molecule has 0 bridgehead atoms. The van der Waals surface area contributed by atoms with E-state index >= 15 is 0 Å². The molecule has 10 nitrogen and oxygen atoms in total. The van der Waals surface area contributed by atoms with Crippen LogP contribution >= 0.6 is 0 Å². The van der Waals surface area contributed by atoms with Gasteiger partial charge in [0.15, 0.2) is 11.5 Å². The minimum atomic E-state index is -1.25. The lowest BCUT2D eigenvalue weighted by Crippen LogP contribution is -2.48. The third kappa shape index (κ3) is 3.24. The second kappa shape index (κ2) is 8.67. The number of benzene rings is 2. The zero-order chi connectivity index (χ0) is 27.8. The minimum Gasteiger partial charge on any atom is -0.502 e. The van der Waals surface area contributed by atoms with Crippen LogP contribution in [0.5, 0.6) is 17.2 Å². The topological polar surface area (TPSA) is 134 Å². The van der Waals surface area contributed by atoms with E-state index in [1.54, 1.807) is 49.4 Å². The monoisotopic (exact) mass is 532 g/mol. The van der Waals surface area contributed by atoms with Crippen molar-refractivity contribution in [1.29, 1.82) is 0 Å². The van der Waals surface area contributed by atoms with E-state index in [0.717, 1.165) is 5.57 Å². The Bertz CT molecular complexity index is 1430. The van der Waals surface area contributed by atoms with Crippen LogP contribution in [0.15, 0.2) is 54.1 Å². The predicted octanol–water partition coefficient (Wildman–Crippen LogP) is 3.03. The molecule has 4 amide bonds. The largest absolute Gasteiger partial charge is 0.502 e. The van der Waals surface area contributed by atoms with Gasteiger partial charge in [0.25, 0.3) is 11.8 Å². The Morgan fingerprint density at radius 2 is 1.56 bits per heavy atom. The lowest BCUT2D eigenvalue weighted by Gasteiger charge is -2.49. The van der Waals surface area contributed by atoms with Crippen LogP contribution in [0.1, 0.15) is 31.2 Å². The lowest BCUT2D eigenvalue weighted by atomic mass is 9.51. The zero-order valence-electron chi connectivity index (χ0n) is 21.7. The van der Waals surface area contributed by atoms with Gasteiger partial charge in [0.2, 0.25) is 17.6 Å². The molecule has 2 aromatic carbocycles. The Hall–Kier alpha value is -4.18. The number of imide groups is 2. The lowest BCUT2D eigenvalue weighted by molar-refractivity contribution is -0.173. The molecule has 0 spiro atoms. The highest BCUT2D eigenvalue weighted by Crippen LogP contribution is 2.64. The molecule has 2 heterocycles. The Morgan fingerprint density at radius 1 is 0.923 bits per heavy atom. The first-order valence-corrected chi connectivity index (χ1v) is 12.8. The van der Waals surface area contributed by atoms with Crippen LogP contribution in [0.2, 0.25) is 0 Å². The highest BCUT2D eigenvalue weighted by Gasteiger charge is 2.67. The molecule has 2 N–H and O–H groups in total. The second-order valence-corrected chi connectivity index (χ2v) is 10.8. The number of anilines is 1. The molecule has 6 rings (SSSR count). The molecule has 2 aliphatic heterocycles. The number of allylic oxidation sites excluding steroid dienone is 2. The molecule has 2 saturated heterocycles. The number of nitrogens with zero attached hydrogens (tertiary/aromatic N) is 2.